The number of fused-ring (bicyclic) bond motifs is 1. The lowest BCUT2D eigenvalue weighted by Gasteiger charge is -2.34. The van der Waals surface area contributed by atoms with Gasteiger partial charge >= 0.3 is 6.18 Å². The highest BCUT2D eigenvalue weighted by atomic mass is 19.4. The standard InChI is InChI=1S/C33H32F3NO/c1-2-22(20-32(38)27-14-10-25(11-15-27)23-6-4-3-5-7-23)24-8-12-26(13-9-24)29-18-19-37-31-17-16-28(21-30(29)31)33(34,35)36/h3-7,10-11,14-19,21-22,24,26H,2,8-9,12-13,20H2,1H3. The van der Waals surface area contributed by atoms with E-state index in [-0.39, 0.29) is 11.7 Å². The van der Waals surface area contributed by atoms with Crippen molar-refractivity contribution in [2.75, 3.05) is 0 Å². The Morgan fingerprint density at radius 2 is 1.58 bits per heavy atom. The number of Topliss-reactive ketones (excluding diaryl/α,β-unsaturated/α-hetero) is 1. The summed E-state index contributed by atoms with van der Waals surface area (Å²) in [5.41, 5.74) is 3.91. The minimum absolute atomic E-state index is 0.179. The van der Waals surface area contributed by atoms with E-state index in [0.717, 1.165) is 60.4 Å². The number of nitrogens with zero attached hydrogens (tertiary/aromatic N) is 1. The lowest BCUT2D eigenvalue weighted by Crippen LogP contribution is -2.23. The van der Waals surface area contributed by atoms with E-state index in [0.29, 0.717) is 29.2 Å². The lowest BCUT2D eigenvalue weighted by molar-refractivity contribution is -0.137. The third-order valence-electron chi connectivity index (χ3n) is 8.27. The molecule has 1 atom stereocenters. The Morgan fingerprint density at radius 1 is 0.895 bits per heavy atom. The molecule has 0 N–H and O–H groups in total. The van der Waals surface area contributed by atoms with Gasteiger partial charge < -0.3 is 0 Å². The second kappa shape index (κ2) is 11.1. The Balaban J connectivity index is 1.24. The van der Waals surface area contributed by atoms with Crippen molar-refractivity contribution in [3.05, 3.63) is 102 Å². The van der Waals surface area contributed by atoms with Crippen molar-refractivity contribution in [2.45, 2.75) is 57.5 Å². The van der Waals surface area contributed by atoms with Crippen molar-refractivity contribution in [1.29, 1.82) is 0 Å². The summed E-state index contributed by atoms with van der Waals surface area (Å²) in [6.07, 6.45) is 2.58. The van der Waals surface area contributed by atoms with Gasteiger partial charge in [0.05, 0.1) is 11.1 Å². The molecule has 4 aromatic rings. The zero-order valence-electron chi connectivity index (χ0n) is 21.5. The Bertz CT molecular complexity index is 1390. The predicted molar refractivity (Wildman–Crippen MR) is 146 cm³/mol. The van der Waals surface area contributed by atoms with Crippen LogP contribution in [0.3, 0.4) is 0 Å². The number of halogens is 3. The number of carbonyl (C=O) groups excluding carboxylic acids is 1. The molecule has 1 unspecified atom stereocenters. The van der Waals surface area contributed by atoms with Crippen LogP contribution in [0, 0.1) is 11.8 Å². The van der Waals surface area contributed by atoms with Crippen LogP contribution in [0.25, 0.3) is 22.0 Å². The number of ketones is 1. The van der Waals surface area contributed by atoms with E-state index >= 15 is 0 Å². The van der Waals surface area contributed by atoms with E-state index in [9.17, 15) is 18.0 Å². The number of rotatable bonds is 7. The summed E-state index contributed by atoms with van der Waals surface area (Å²) in [4.78, 5) is 17.4. The topological polar surface area (TPSA) is 30.0 Å². The summed E-state index contributed by atoms with van der Waals surface area (Å²) in [7, 11) is 0. The molecule has 1 aliphatic carbocycles. The van der Waals surface area contributed by atoms with Crippen LogP contribution in [0.2, 0.25) is 0 Å². The van der Waals surface area contributed by atoms with Gasteiger partial charge in [0, 0.05) is 23.6 Å². The fraction of sp³-hybridized carbons (Fsp3) is 0.333. The van der Waals surface area contributed by atoms with Gasteiger partial charge in [-0.05, 0) is 84.4 Å². The molecule has 0 bridgehead atoms. The highest BCUT2D eigenvalue weighted by Crippen LogP contribution is 2.43. The fourth-order valence-electron chi connectivity index (χ4n) is 6.08. The molecule has 1 saturated carbocycles. The highest BCUT2D eigenvalue weighted by Gasteiger charge is 2.32. The molecule has 0 aliphatic heterocycles. The summed E-state index contributed by atoms with van der Waals surface area (Å²) >= 11 is 0. The molecular weight excluding hydrogens is 483 g/mol. The third kappa shape index (κ3) is 5.67. The number of benzene rings is 3. The largest absolute Gasteiger partial charge is 0.416 e. The van der Waals surface area contributed by atoms with Gasteiger partial charge in [-0.25, -0.2) is 0 Å². The normalized spacial score (nSPS) is 18.8. The first-order valence-corrected chi connectivity index (χ1v) is 13.5. The molecule has 0 amide bonds. The van der Waals surface area contributed by atoms with Crippen LogP contribution in [0.15, 0.2) is 85.1 Å². The first kappa shape index (κ1) is 26.1. The van der Waals surface area contributed by atoms with Gasteiger partial charge in [-0.2, -0.15) is 13.2 Å². The number of alkyl halides is 3. The number of hydrogen-bond acceptors (Lipinski definition) is 2. The van der Waals surface area contributed by atoms with E-state index in [1.165, 1.54) is 12.1 Å². The van der Waals surface area contributed by atoms with E-state index in [2.05, 4.69) is 24.0 Å². The van der Waals surface area contributed by atoms with Gasteiger partial charge in [0.1, 0.15) is 0 Å². The summed E-state index contributed by atoms with van der Waals surface area (Å²) in [5, 5.41) is 0.604. The van der Waals surface area contributed by atoms with Gasteiger partial charge in [-0.3, -0.25) is 9.78 Å². The molecular formula is C33H32F3NO. The third-order valence-corrected chi connectivity index (χ3v) is 8.27. The van der Waals surface area contributed by atoms with E-state index < -0.39 is 11.7 Å². The molecule has 196 valence electrons. The van der Waals surface area contributed by atoms with Gasteiger partial charge in [-0.15, -0.1) is 0 Å². The van der Waals surface area contributed by atoms with Crippen LogP contribution < -0.4 is 0 Å². The van der Waals surface area contributed by atoms with Crippen LogP contribution in [0.4, 0.5) is 13.2 Å². The lowest BCUT2D eigenvalue weighted by atomic mass is 9.71. The number of pyridine rings is 1. The van der Waals surface area contributed by atoms with Crippen LogP contribution in [0.1, 0.15) is 72.9 Å². The quantitative estimate of drug-likeness (QED) is 0.229. The molecule has 2 nitrogen and oxygen atoms in total. The molecule has 0 saturated heterocycles. The molecule has 0 spiro atoms. The molecule has 5 heteroatoms. The van der Waals surface area contributed by atoms with Gasteiger partial charge in [0.15, 0.2) is 5.78 Å². The SMILES string of the molecule is CCC(CC(=O)c1ccc(-c2ccccc2)cc1)C1CCC(c2ccnc3ccc(C(F)(F)F)cc23)CC1. The van der Waals surface area contributed by atoms with Gasteiger partial charge in [-0.1, -0.05) is 67.9 Å². The zero-order chi connectivity index (χ0) is 26.7. The van der Waals surface area contributed by atoms with Crippen molar-refractivity contribution < 1.29 is 18.0 Å². The summed E-state index contributed by atoms with van der Waals surface area (Å²) in [6, 6.07) is 23.7. The Hall–Kier alpha value is -3.47. The van der Waals surface area contributed by atoms with Crippen molar-refractivity contribution in [1.82, 2.24) is 4.98 Å². The van der Waals surface area contributed by atoms with Crippen LogP contribution in [0.5, 0.6) is 0 Å². The monoisotopic (exact) mass is 515 g/mol. The predicted octanol–water partition coefficient (Wildman–Crippen LogP) is 9.49. The maximum Gasteiger partial charge on any atom is 0.416 e. The summed E-state index contributed by atoms with van der Waals surface area (Å²) in [5.74, 6) is 1.14. The number of hydrogen-bond donors (Lipinski definition) is 0. The molecule has 38 heavy (non-hydrogen) atoms. The van der Waals surface area contributed by atoms with Gasteiger partial charge in [0.25, 0.3) is 0 Å². The summed E-state index contributed by atoms with van der Waals surface area (Å²) < 4.78 is 40.0. The Morgan fingerprint density at radius 3 is 2.24 bits per heavy atom. The minimum atomic E-state index is -4.37. The van der Waals surface area contributed by atoms with Crippen molar-refractivity contribution in [2.24, 2.45) is 11.8 Å². The average Bonchev–Trinajstić information content (AvgIpc) is 2.95. The average molecular weight is 516 g/mol. The molecule has 5 rings (SSSR count). The number of aromatic nitrogens is 1. The maximum absolute atomic E-state index is 13.3. The zero-order valence-corrected chi connectivity index (χ0v) is 21.5. The van der Waals surface area contributed by atoms with Crippen LogP contribution >= 0.6 is 0 Å². The minimum Gasteiger partial charge on any atom is -0.294 e. The molecule has 1 aromatic heterocycles. The molecule has 3 aromatic carbocycles. The highest BCUT2D eigenvalue weighted by molar-refractivity contribution is 5.96. The van der Waals surface area contributed by atoms with E-state index in [1.807, 2.05) is 48.5 Å². The van der Waals surface area contributed by atoms with Crippen LogP contribution in [-0.4, -0.2) is 10.8 Å². The fourth-order valence-corrected chi connectivity index (χ4v) is 6.08. The molecule has 1 fully saturated rings. The smallest absolute Gasteiger partial charge is 0.294 e. The Labute approximate surface area is 221 Å². The van der Waals surface area contributed by atoms with E-state index in [4.69, 9.17) is 0 Å². The van der Waals surface area contributed by atoms with Crippen molar-refractivity contribution >= 4 is 16.7 Å². The second-order valence-electron chi connectivity index (χ2n) is 10.5. The molecule has 1 aliphatic rings. The number of carbonyl (C=O) groups is 1. The first-order valence-electron chi connectivity index (χ1n) is 13.5. The second-order valence-corrected chi connectivity index (χ2v) is 10.5. The Kier molecular flexibility index (Phi) is 7.64. The van der Waals surface area contributed by atoms with Crippen LogP contribution in [-0.2, 0) is 6.18 Å². The van der Waals surface area contributed by atoms with Crippen molar-refractivity contribution in [3.8, 4) is 11.1 Å². The van der Waals surface area contributed by atoms with E-state index in [1.54, 1.807) is 6.20 Å². The molecule has 0 radical (unpaired) electrons. The first-order chi connectivity index (χ1) is 18.3. The maximum atomic E-state index is 13.3. The molecule has 1 heterocycles. The summed E-state index contributed by atoms with van der Waals surface area (Å²) in [6.45, 7) is 2.15. The van der Waals surface area contributed by atoms with Gasteiger partial charge in [0.2, 0.25) is 0 Å². The van der Waals surface area contributed by atoms with Crippen molar-refractivity contribution in [3.63, 3.8) is 0 Å².